The maximum absolute atomic E-state index is 12.0. The van der Waals surface area contributed by atoms with E-state index in [0.29, 0.717) is 5.75 Å². The zero-order valence-electron chi connectivity index (χ0n) is 9.60. The van der Waals surface area contributed by atoms with Crippen LogP contribution in [0.4, 0.5) is 13.2 Å². The van der Waals surface area contributed by atoms with E-state index in [0.717, 1.165) is 5.56 Å². The van der Waals surface area contributed by atoms with Gasteiger partial charge in [0.05, 0.1) is 19.1 Å². The zero-order valence-corrected chi connectivity index (χ0v) is 9.60. The number of carbonyl (C=O) groups is 1. The average Bonchev–Trinajstić information content (AvgIpc) is 2.24. The van der Waals surface area contributed by atoms with E-state index in [1.165, 1.54) is 13.2 Å². The average molecular weight is 246 g/mol. The standard InChI is InChI=1S/C12H13F3O2/c1-8-4-3-5-9(11(8)17-2)10(16)6-7-12(13,14)15/h3-5H,6-7H2,1-2H3. The predicted octanol–water partition coefficient (Wildman–Crippen LogP) is 3.53. The molecule has 0 radical (unpaired) electrons. The van der Waals surface area contributed by atoms with Crippen LogP contribution in [0.25, 0.3) is 0 Å². The molecule has 1 aromatic carbocycles. The van der Waals surface area contributed by atoms with E-state index < -0.39 is 24.8 Å². The first-order valence-corrected chi connectivity index (χ1v) is 5.08. The van der Waals surface area contributed by atoms with E-state index in [2.05, 4.69) is 0 Å². The lowest BCUT2D eigenvalue weighted by Crippen LogP contribution is -2.11. The number of Topliss-reactive ketones (excluding diaryl/α,β-unsaturated/α-hetero) is 1. The number of ether oxygens (including phenoxy) is 1. The monoisotopic (exact) mass is 246 g/mol. The number of carbonyl (C=O) groups excluding carboxylic acids is 1. The number of methoxy groups -OCH3 is 1. The van der Waals surface area contributed by atoms with E-state index in [4.69, 9.17) is 4.74 Å². The number of para-hydroxylation sites is 1. The van der Waals surface area contributed by atoms with Crippen LogP contribution < -0.4 is 4.74 Å². The second kappa shape index (κ2) is 5.21. The summed E-state index contributed by atoms with van der Waals surface area (Å²) >= 11 is 0. The number of ketones is 1. The van der Waals surface area contributed by atoms with Gasteiger partial charge in [0, 0.05) is 6.42 Å². The Labute approximate surface area is 97.4 Å². The summed E-state index contributed by atoms with van der Waals surface area (Å²) in [7, 11) is 1.39. The third-order valence-corrected chi connectivity index (χ3v) is 2.35. The summed E-state index contributed by atoms with van der Waals surface area (Å²) in [4.78, 5) is 11.6. The van der Waals surface area contributed by atoms with Crippen LogP contribution in [0.15, 0.2) is 18.2 Å². The Morgan fingerprint density at radius 3 is 2.53 bits per heavy atom. The van der Waals surface area contributed by atoms with Crippen LogP contribution in [0, 0.1) is 6.92 Å². The maximum Gasteiger partial charge on any atom is 0.389 e. The van der Waals surface area contributed by atoms with Crippen LogP contribution in [0.1, 0.15) is 28.8 Å². The minimum absolute atomic E-state index is 0.205. The molecule has 0 aliphatic heterocycles. The van der Waals surface area contributed by atoms with Crippen LogP contribution in [-0.4, -0.2) is 19.1 Å². The van der Waals surface area contributed by atoms with Crippen LogP contribution in [-0.2, 0) is 0 Å². The Bertz CT molecular complexity index is 411. The fraction of sp³-hybridized carbons (Fsp3) is 0.417. The Morgan fingerprint density at radius 1 is 1.35 bits per heavy atom. The van der Waals surface area contributed by atoms with Gasteiger partial charge in [-0.15, -0.1) is 0 Å². The fourth-order valence-electron chi connectivity index (χ4n) is 1.53. The summed E-state index contributed by atoms with van der Waals surface area (Å²) in [6.45, 7) is 1.74. The summed E-state index contributed by atoms with van der Waals surface area (Å²) in [6.07, 6.45) is -5.97. The lowest BCUT2D eigenvalue weighted by atomic mass is 10.0. The van der Waals surface area contributed by atoms with Crippen LogP contribution >= 0.6 is 0 Å². The van der Waals surface area contributed by atoms with Gasteiger partial charge in [-0.2, -0.15) is 13.2 Å². The highest BCUT2D eigenvalue weighted by Crippen LogP contribution is 2.27. The number of rotatable bonds is 4. The Hall–Kier alpha value is -1.52. The molecule has 1 rings (SSSR count). The van der Waals surface area contributed by atoms with Crippen molar-refractivity contribution in [2.45, 2.75) is 25.9 Å². The quantitative estimate of drug-likeness (QED) is 0.760. The molecule has 2 nitrogen and oxygen atoms in total. The first-order chi connectivity index (χ1) is 7.85. The van der Waals surface area contributed by atoms with Gasteiger partial charge in [0.25, 0.3) is 0 Å². The highest BCUT2D eigenvalue weighted by Gasteiger charge is 2.28. The Kier molecular flexibility index (Phi) is 4.15. The summed E-state index contributed by atoms with van der Waals surface area (Å²) in [5.74, 6) is -0.206. The van der Waals surface area contributed by atoms with Crippen molar-refractivity contribution < 1.29 is 22.7 Å². The maximum atomic E-state index is 12.0. The van der Waals surface area contributed by atoms with E-state index in [1.54, 1.807) is 19.1 Å². The van der Waals surface area contributed by atoms with Crippen molar-refractivity contribution in [3.8, 4) is 5.75 Å². The van der Waals surface area contributed by atoms with Crippen LogP contribution in [0.5, 0.6) is 5.75 Å². The molecule has 0 bridgehead atoms. The molecule has 1 aromatic rings. The molecule has 94 valence electrons. The van der Waals surface area contributed by atoms with Gasteiger partial charge in [0.2, 0.25) is 0 Å². The van der Waals surface area contributed by atoms with Crippen molar-refractivity contribution in [3.63, 3.8) is 0 Å². The minimum atomic E-state index is -4.31. The molecular formula is C12H13F3O2. The van der Waals surface area contributed by atoms with E-state index in [-0.39, 0.29) is 5.56 Å². The largest absolute Gasteiger partial charge is 0.496 e. The van der Waals surface area contributed by atoms with Crippen LogP contribution in [0.2, 0.25) is 0 Å². The summed E-state index contributed by atoms with van der Waals surface area (Å²) in [5.41, 5.74) is 0.933. The van der Waals surface area contributed by atoms with Gasteiger partial charge in [0.1, 0.15) is 5.75 Å². The zero-order chi connectivity index (χ0) is 13.1. The van der Waals surface area contributed by atoms with E-state index >= 15 is 0 Å². The van der Waals surface area contributed by atoms with E-state index in [9.17, 15) is 18.0 Å². The van der Waals surface area contributed by atoms with Crippen LogP contribution in [0.3, 0.4) is 0 Å². The van der Waals surface area contributed by atoms with Crippen molar-refractivity contribution in [1.29, 1.82) is 0 Å². The normalized spacial score (nSPS) is 11.4. The summed E-state index contributed by atoms with van der Waals surface area (Å²) in [5, 5.41) is 0. The number of benzene rings is 1. The topological polar surface area (TPSA) is 26.3 Å². The molecule has 0 N–H and O–H groups in total. The highest BCUT2D eigenvalue weighted by molar-refractivity contribution is 5.99. The minimum Gasteiger partial charge on any atom is -0.496 e. The SMILES string of the molecule is COc1c(C)cccc1C(=O)CCC(F)(F)F. The smallest absolute Gasteiger partial charge is 0.389 e. The molecule has 0 saturated carbocycles. The first-order valence-electron chi connectivity index (χ1n) is 5.08. The van der Waals surface area contributed by atoms with Gasteiger partial charge in [-0.25, -0.2) is 0 Å². The molecule has 0 heterocycles. The Morgan fingerprint density at radius 2 is 2.00 bits per heavy atom. The first kappa shape index (κ1) is 13.5. The lowest BCUT2D eigenvalue weighted by molar-refractivity contribution is -0.133. The summed E-state index contributed by atoms with van der Waals surface area (Å²) < 4.78 is 41.1. The molecule has 0 amide bonds. The molecular weight excluding hydrogens is 233 g/mol. The number of hydrogen-bond donors (Lipinski definition) is 0. The molecule has 17 heavy (non-hydrogen) atoms. The third kappa shape index (κ3) is 3.76. The second-order valence-electron chi connectivity index (χ2n) is 3.69. The molecule has 0 spiro atoms. The van der Waals surface area contributed by atoms with Crippen molar-refractivity contribution in [2.24, 2.45) is 0 Å². The molecule has 0 atom stereocenters. The lowest BCUT2D eigenvalue weighted by Gasteiger charge is -2.11. The molecule has 0 saturated heterocycles. The van der Waals surface area contributed by atoms with Crippen molar-refractivity contribution >= 4 is 5.78 Å². The van der Waals surface area contributed by atoms with Gasteiger partial charge in [-0.3, -0.25) is 4.79 Å². The van der Waals surface area contributed by atoms with Gasteiger partial charge in [-0.05, 0) is 18.6 Å². The van der Waals surface area contributed by atoms with Crippen molar-refractivity contribution in [3.05, 3.63) is 29.3 Å². The molecule has 0 fully saturated rings. The van der Waals surface area contributed by atoms with E-state index in [1.807, 2.05) is 0 Å². The van der Waals surface area contributed by atoms with Crippen molar-refractivity contribution in [1.82, 2.24) is 0 Å². The number of hydrogen-bond acceptors (Lipinski definition) is 2. The molecule has 5 heteroatoms. The number of aryl methyl sites for hydroxylation is 1. The number of halogens is 3. The summed E-state index contributed by atoms with van der Waals surface area (Å²) in [6, 6.07) is 4.84. The molecule has 0 aliphatic carbocycles. The Balaban J connectivity index is 2.86. The van der Waals surface area contributed by atoms with Gasteiger partial charge in [-0.1, -0.05) is 12.1 Å². The van der Waals surface area contributed by atoms with Gasteiger partial charge >= 0.3 is 6.18 Å². The highest BCUT2D eigenvalue weighted by atomic mass is 19.4. The molecule has 0 unspecified atom stereocenters. The van der Waals surface area contributed by atoms with Gasteiger partial charge < -0.3 is 4.74 Å². The van der Waals surface area contributed by atoms with Crippen molar-refractivity contribution in [2.75, 3.05) is 7.11 Å². The number of alkyl halides is 3. The predicted molar refractivity (Wildman–Crippen MR) is 57.4 cm³/mol. The fourth-order valence-corrected chi connectivity index (χ4v) is 1.53. The van der Waals surface area contributed by atoms with Gasteiger partial charge in [0.15, 0.2) is 5.78 Å². The molecule has 0 aliphatic rings. The second-order valence-corrected chi connectivity index (χ2v) is 3.69. The third-order valence-electron chi connectivity index (χ3n) is 2.35. The molecule has 0 aromatic heterocycles.